The Kier molecular flexibility index (Phi) is 7.24. The first-order valence-corrected chi connectivity index (χ1v) is 9.30. The third-order valence-electron chi connectivity index (χ3n) is 3.86. The summed E-state index contributed by atoms with van der Waals surface area (Å²) in [4.78, 5) is 14.4. The third kappa shape index (κ3) is 5.05. The molecule has 0 bridgehead atoms. The van der Waals surface area contributed by atoms with Crippen molar-refractivity contribution in [2.45, 2.75) is 38.8 Å². The quantitative estimate of drug-likeness (QED) is 0.703. The van der Waals surface area contributed by atoms with Gasteiger partial charge in [0.15, 0.2) is 5.76 Å². The first-order chi connectivity index (χ1) is 10.8. The molecule has 1 atom stereocenters. The zero-order valence-corrected chi connectivity index (χ0v) is 15.2. The lowest BCUT2D eigenvalue weighted by atomic mass is 10.0. The summed E-state index contributed by atoms with van der Waals surface area (Å²) in [5, 5.41) is 2.55. The van der Waals surface area contributed by atoms with Gasteiger partial charge < -0.3 is 9.73 Å². The highest BCUT2D eigenvalue weighted by Crippen LogP contribution is 2.14. The molecule has 0 aliphatic rings. The summed E-state index contributed by atoms with van der Waals surface area (Å²) >= 11 is 0. The van der Waals surface area contributed by atoms with E-state index >= 15 is 0 Å². The van der Waals surface area contributed by atoms with E-state index in [1.165, 1.54) is 19.2 Å². The van der Waals surface area contributed by atoms with E-state index in [2.05, 4.69) is 42.6 Å². The van der Waals surface area contributed by atoms with Crippen molar-refractivity contribution in [1.82, 2.24) is 14.9 Å². The fourth-order valence-corrected chi connectivity index (χ4v) is 3.10. The van der Waals surface area contributed by atoms with Gasteiger partial charge in [-0.15, -0.1) is 0 Å². The molecule has 0 unspecified atom stereocenters. The monoisotopic (exact) mass is 345 g/mol. The Morgan fingerprint density at radius 1 is 1.26 bits per heavy atom. The second-order valence-electron chi connectivity index (χ2n) is 5.57. The number of likely N-dealkylation sites (N-methyl/N-ethyl adjacent to an activating group) is 1. The van der Waals surface area contributed by atoms with Crippen LogP contribution < -0.4 is 10.0 Å². The topological polar surface area (TPSA) is 91.7 Å². The van der Waals surface area contributed by atoms with Crippen LogP contribution in [0.15, 0.2) is 21.6 Å². The smallest absolute Gasteiger partial charge is 0.287 e. The molecule has 0 saturated heterocycles. The van der Waals surface area contributed by atoms with Gasteiger partial charge in [0.25, 0.3) is 15.9 Å². The van der Waals surface area contributed by atoms with E-state index in [-0.39, 0.29) is 16.9 Å². The Hall–Kier alpha value is -1.38. The lowest BCUT2D eigenvalue weighted by Crippen LogP contribution is -2.46. The molecule has 1 aromatic rings. The molecule has 1 aromatic heterocycles. The fraction of sp³-hybridized carbons (Fsp3) is 0.667. The maximum Gasteiger partial charge on any atom is 0.287 e. The maximum absolute atomic E-state index is 12.2. The highest BCUT2D eigenvalue weighted by atomic mass is 32.2. The normalized spacial score (nSPS) is 13.5. The van der Waals surface area contributed by atoms with Crippen molar-refractivity contribution in [1.29, 1.82) is 0 Å². The van der Waals surface area contributed by atoms with Crippen molar-refractivity contribution in [3.8, 4) is 0 Å². The first kappa shape index (κ1) is 19.7. The number of nitrogens with one attached hydrogen (secondary N) is 2. The van der Waals surface area contributed by atoms with Gasteiger partial charge in [-0.3, -0.25) is 9.69 Å². The maximum atomic E-state index is 12.2. The second-order valence-corrected chi connectivity index (χ2v) is 7.39. The molecule has 8 heteroatoms. The van der Waals surface area contributed by atoms with Crippen LogP contribution in [0.25, 0.3) is 0 Å². The zero-order chi connectivity index (χ0) is 17.6. The van der Waals surface area contributed by atoms with Crippen LogP contribution in [-0.2, 0) is 10.0 Å². The Bertz CT molecular complexity index is 606. The van der Waals surface area contributed by atoms with Crippen LogP contribution in [0.1, 0.15) is 38.2 Å². The van der Waals surface area contributed by atoms with Crippen molar-refractivity contribution in [2.75, 3.05) is 26.7 Å². The molecule has 1 amide bonds. The number of amides is 1. The molecule has 0 aliphatic carbocycles. The van der Waals surface area contributed by atoms with Gasteiger partial charge in [-0.1, -0.05) is 27.7 Å². The Morgan fingerprint density at radius 3 is 2.35 bits per heavy atom. The summed E-state index contributed by atoms with van der Waals surface area (Å²) in [6.45, 7) is 10.7. The Labute approximate surface area is 138 Å². The van der Waals surface area contributed by atoms with Crippen molar-refractivity contribution in [3.05, 3.63) is 17.9 Å². The van der Waals surface area contributed by atoms with Gasteiger partial charge in [-0.25, -0.2) is 13.1 Å². The minimum atomic E-state index is -3.68. The molecule has 0 saturated carbocycles. The average Bonchev–Trinajstić information content (AvgIpc) is 3.01. The number of sulfonamides is 1. The van der Waals surface area contributed by atoms with Crippen LogP contribution in [0.5, 0.6) is 0 Å². The summed E-state index contributed by atoms with van der Waals surface area (Å²) in [5.74, 6) is -0.0479. The SMILES string of the molecule is CCN(CC)[C@@H](CNC(=O)c1ccc(S(=O)(=O)NC)o1)C(C)C. The van der Waals surface area contributed by atoms with Gasteiger partial charge in [0.05, 0.1) is 0 Å². The molecular formula is C15H27N3O4S. The fourth-order valence-electron chi connectivity index (χ4n) is 2.45. The molecule has 23 heavy (non-hydrogen) atoms. The van der Waals surface area contributed by atoms with Crippen LogP contribution in [0.2, 0.25) is 0 Å². The van der Waals surface area contributed by atoms with E-state index in [1.54, 1.807) is 0 Å². The van der Waals surface area contributed by atoms with Gasteiger partial charge in [0.2, 0.25) is 5.09 Å². The molecular weight excluding hydrogens is 318 g/mol. The van der Waals surface area contributed by atoms with Crippen molar-refractivity contribution in [3.63, 3.8) is 0 Å². The van der Waals surface area contributed by atoms with Gasteiger partial charge >= 0.3 is 0 Å². The average molecular weight is 345 g/mol. The molecule has 7 nitrogen and oxygen atoms in total. The number of carbonyl (C=O) groups excluding carboxylic acids is 1. The molecule has 0 fully saturated rings. The standard InChI is InChI=1S/C15H27N3O4S/c1-6-18(7-2)12(11(3)4)10-17-15(19)13-8-9-14(22-13)23(20,21)16-5/h8-9,11-12,16H,6-7,10H2,1-5H3,(H,17,19)/t12-/m0/s1. The number of hydrogen-bond donors (Lipinski definition) is 2. The van der Waals surface area contributed by atoms with Crippen molar-refractivity contribution in [2.24, 2.45) is 5.92 Å². The molecule has 132 valence electrons. The van der Waals surface area contributed by atoms with E-state index in [0.29, 0.717) is 12.5 Å². The summed E-state index contributed by atoms with van der Waals surface area (Å²) in [7, 11) is -2.40. The zero-order valence-electron chi connectivity index (χ0n) is 14.4. The molecule has 0 aliphatic heterocycles. The summed E-state index contributed by atoms with van der Waals surface area (Å²) in [6, 6.07) is 2.84. The lowest BCUT2D eigenvalue weighted by molar-refractivity contribution is 0.0888. The minimum absolute atomic E-state index is 0.0131. The van der Waals surface area contributed by atoms with Crippen molar-refractivity contribution < 1.29 is 17.6 Å². The van der Waals surface area contributed by atoms with Gasteiger partial charge in [-0.2, -0.15) is 0 Å². The largest absolute Gasteiger partial charge is 0.438 e. The van der Waals surface area contributed by atoms with E-state index in [1.807, 2.05) is 0 Å². The Morgan fingerprint density at radius 2 is 1.87 bits per heavy atom. The van der Waals surface area contributed by atoms with E-state index in [4.69, 9.17) is 4.42 Å². The van der Waals surface area contributed by atoms with Crippen molar-refractivity contribution >= 4 is 15.9 Å². The highest BCUT2D eigenvalue weighted by Gasteiger charge is 2.23. The molecule has 0 aromatic carbocycles. The summed E-state index contributed by atoms with van der Waals surface area (Å²) in [5.41, 5.74) is 0. The number of furan rings is 1. The molecule has 2 N–H and O–H groups in total. The third-order valence-corrected chi connectivity index (χ3v) is 5.15. The highest BCUT2D eigenvalue weighted by molar-refractivity contribution is 7.89. The minimum Gasteiger partial charge on any atom is -0.438 e. The predicted molar refractivity (Wildman–Crippen MR) is 88.8 cm³/mol. The van der Waals surface area contributed by atoms with Crippen LogP contribution in [0, 0.1) is 5.92 Å². The summed E-state index contributed by atoms with van der Waals surface area (Å²) in [6.07, 6.45) is 0. The summed E-state index contributed by atoms with van der Waals surface area (Å²) < 4.78 is 30.5. The number of rotatable bonds is 9. The van der Waals surface area contributed by atoms with Crippen LogP contribution in [0.3, 0.4) is 0 Å². The van der Waals surface area contributed by atoms with Gasteiger partial charge in [-0.05, 0) is 38.2 Å². The second kappa shape index (κ2) is 8.47. The van der Waals surface area contributed by atoms with Crippen LogP contribution in [0.4, 0.5) is 0 Å². The van der Waals surface area contributed by atoms with E-state index in [0.717, 1.165) is 13.1 Å². The number of nitrogens with zero attached hydrogens (tertiary/aromatic N) is 1. The lowest BCUT2D eigenvalue weighted by Gasteiger charge is -2.32. The molecule has 0 radical (unpaired) electrons. The van der Waals surface area contributed by atoms with E-state index in [9.17, 15) is 13.2 Å². The van der Waals surface area contributed by atoms with Gasteiger partial charge in [0.1, 0.15) is 0 Å². The predicted octanol–water partition coefficient (Wildman–Crippen LogP) is 1.28. The van der Waals surface area contributed by atoms with Crippen LogP contribution in [-0.4, -0.2) is 51.9 Å². The molecule has 1 rings (SSSR count). The molecule has 0 spiro atoms. The van der Waals surface area contributed by atoms with Crippen LogP contribution >= 0.6 is 0 Å². The first-order valence-electron chi connectivity index (χ1n) is 7.82. The number of carbonyl (C=O) groups is 1. The molecule has 1 heterocycles. The Balaban J connectivity index is 2.76. The van der Waals surface area contributed by atoms with Gasteiger partial charge in [0, 0.05) is 12.6 Å². The van der Waals surface area contributed by atoms with E-state index < -0.39 is 15.9 Å². The number of hydrogen-bond acceptors (Lipinski definition) is 5.